The highest BCUT2D eigenvalue weighted by Gasteiger charge is 2.44. The van der Waals surface area contributed by atoms with Crippen molar-refractivity contribution in [3.63, 3.8) is 0 Å². The van der Waals surface area contributed by atoms with Crippen LogP contribution < -0.4 is 10.1 Å². The summed E-state index contributed by atoms with van der Waals surface area (Å²) < 4.78 is 4.97. The van der Waals surface area contributed by atoms with Crippen molar-refractivity contribution >= 4 is 17.4 Å². The van der Waals surface area contributed by atoms with E-state index in [1.54, 1.807) is 7.11 Å². The molecule has 3 aliphatic rings. The monoisotopic (exact) mass is 496 g/mol. The van der Waals surface area contributed by atoms with E-state index in [1.165, 1.54) is 21.2 Å². The molecule has 2 aliphatic heterocycles. The van der Waals surface area contributed by atoms with Crippen LogP contribution in [0.3, 0.4) is 0 Å². The lowest BCUT2D eigenvalue weighted by Crippen LogP contribution is -2.60. The van der Waals surface area contributed by atoms with Gasteiger partial charge in [0.1, 0.15) is 5.75 Å². The second-order valence-corrected chi connectivity index (χ2v) is 11.8. The van der Waals surface area contributed by atoms with E-state index in [0.717, 1.165) is 5.75 Å². The van der Waals surface area contributed by atoms with Crippen molar-refractivity contribution < 1.29 is 15.1 Å². The van der Waals surface area contributed by atoms with Crippen LogP contribution in [0.15, 0.2) is 77.7 Å². The fourth-order valence-electron chi connectivity index (χ4n) is 4.74. The number of ether oxygens (including phenoxy) is 1. The number of methoxy groups -OCH3 is 1. The molecule has 6 heteroatoms. The number of nitrogens with zero attached hydrogens (tertiary/aromatic N) is 1. The van der Waals surface area contributed by atoms with Crippen molar-refractivity contribution in [2.24, 2.45) is 0 Å². The molecule has 0 spiro atoms. The van der Waals surface area contributed by atoms with Gasteiger partial charge in [-0.15, -0.1) is 11.8 Å². The standard InChI is InChI=1S/C12H11NS.C9H19NO2.C8H10O/c1-3-7-11-9(5-1)13-10-6-2-4-8-12(10)14-11;1-8(2)5-7(11)6-9(3,4)10(8)12;1-7-3-5-8(9-2)6-4-7/h1-9,11,13H;7,11-12H,5-6H2,1-4H3;3-6H,1-2H3. The van der Waals surface area contributed by atoms with E-state index < -0.39 is 0 Å². The Morgan fingerprint density at radius 1 is 0.943 bits per heavy atom. The van der Waals surface area contributed by atoms with Gasteiger partial charge in [0.15, 0.2) is 0 Å². The minimum absolute atomic E-state index is 0.293. The Morgan fingerprint density at radius 3 is 2.17 bits per heavy atom. The van der Waals surface area contributed by atoms with Gasteiger partial charge in [-0.3, -0.25) is 0 Å². The summed E-state index contributed by atoms with van der Waals surface area (Å²) in [6.07, 6.45) is 9.71. The third kappa shape index (κ3) is 7.37. The molecule has 0 aromatic heterocycles. The first kappa shape index (κ1) is 27.3. The Bertz CT molecular complexity index is 960. The molecule has 2 aromatic rings. The van der Waals surface area contributed by atoms with Crippen LogP contribution in [-0.4, -0.2) is 51.0 Å². The molecule has 2 aromatic carbocycles. The maximum absolute atomic E-state index is 9.80. The summed E-state index contributed by atoms with van der Waals surface area (Å²) in [5.41, 5.74) is 1.89. The van der Waals surface area contributed by atoms with E-state index in [9.17, 15) is 10.3 Å². The van der Waals surface area contributed by atoms with Gasteiger partial charge < -0.3 is 20.4 Å². The van der Waals surface area contributed by atoms with Crippen molar-refractivity contribution in [1.82, 2.24) is 5.06 Å². The third-order valence-electron chi connectivity index (χ3n) is 6.43. The molecule has 0 saturated carbocycles. The highest BCUT2D eigenvalue weighted by Crippen LogP contribution is 2.39. The van der Waals surface area contributed by atoms with Crippen molar-refractivity contribution in [2.45, 2.75) is 80.8 Å². The molecular formula is C29H40N2O3S. The Morgan fingerprint density at radius 2 is 1.54 bits per heavy atom. The Kier molecular flexibility index (Phi) is 9.11. The number of nitrogens with one attached hydrogen (secondary N) is 1. The van der Waals surface area contributed by atoms with Crippen molar-refractivity contribution in [3.8, 4) is 5.75 Å². The fraction of sp³-hybridized carbons (Fsp3) is 0.448. The summed E-state index contributed by atoms with van der Waals surface area (Å²) in [6.45, 7) is 9.82. The predicted octanol–water partition coefficient (Wildman–Crippen LogP) is 6.46. The highest BCUT2D eigenvalue weighted by atomic mass is 32.2. The zero-order chi connectivity index (χ0) is 25.6. The topological polar surface area (TPSA) is 65.0 Å². The SMILES string of the molecule is C1=CC2Nc3ccccc3SC2C=C1.CC1(C)CC(O)CC(C)(C)N1O.COc1ccc(C)cc1. The molecule has 3 N–H and O–H groups in total. The van der Waals surface area contributed by atoms with Gasteiger partial charge in [0.25, 0.3) is 0 Å². The molecule has 1 fully saturated rings. The van der Waals surface area contributed by atoms with Gasteiger partial charge in [-0.2, -0.15) is 5.06 Å². The largest absolute Gasteiger partial charge is 0.497 e. The van der Waals surface area contributed by atoms with Crippen LogP contribution in [0.1, 0.15) is 46.1 Å². The van der Waals surface area contributed by atoms with Crippen LogP contribution >= 0.6 is 11.8 Å². The number of hydrogen-bond acceptors (Lipinski definition) is 6. The highest BCUT2D eigenvalue weighted by molar-refractivity contribution is 8.00. The van der Waals surface area contributed by atoms with Crippen LogP contribution in [0.5, 0.6) is 5.75 Å². The summed E-state index contributed by atoms with van der Waals surface area (Å²) in [4.78, 5) is 1.36. The summed E-state index contributed by atoms with van der Waals surface area (Å²) in [5, 5.41) is 24.8. The van der Waals surface area contributed by atoms with Gasteiger partial charge in [0.05, 0.1) is 24.5 Å². The summed E-state index contributed by atoms with van der Waals surface area (Å²) in [5.74, 6) is 0.917. The Hall–Kier alpha value is -2.25. The average molecular weight is 497 g/mol. The number of fused-ring (bicyclic) bond motifs is 2. The molecule has 2 heterocycles. The molecule has 0 bridgehead atoms. The van der Waals surface area contributed by atoms with Crippen molar-refractivity contribution in [1.29, 1.82) is 0 Å². The number of allylic oxidation sites excluding steroid dienone is 2. The molecule has 2 unspecified atom stereocenters. The smallest absolute Gasteiger partial charge is 0.118 e. The molecule has 1 aliphatic carbocycles. The number of piperidine rings is 1. The lowest BCUT2D eigenvalue weighted by Gasteiger charge is -2.50. The fourth-order valence-corrected chi connectivity index (χ4v) is 5.92. The van der Waals surface area contributed by atoms with E-state index in [0.29, 0.717) is 24.1 Å². The molecule has 0 amide bonds. The predicted molar refractivity (Wildman–Crippen MR) is 147 cm³/mol. The Labute approximate surface area is 214 Å². The first-order valence-corrected chi connectivity index (χ1v) is 13.0. The number of aliphatic hydroxyl groups excluding tert-OH is 1. The van der Waals surface area contributed by atoms with Crippen LogP contribution in [0, 0.1) is 6.92 Å². The van der Waals surface area contributed by atoms with Gasteiger partial charge in [0.2, 0.25) is 0 Å². The van der Waals surface area contributed by atoms with Crippen molar-refractivity contribution in [3.05, 3.63) is 78.4 Å². The number of aliphatic hydroxyl groups is 1. The molecular weight excluding hydrogens is 456 g/mol. The molecule has 1 saturated heterocycles. The van der Waals surface area contributed by atoms with E-state index in [4.69, 9.17) is 4.74 Å². The maximum Gasteiger partial charge on any atom is 0.118 e. The van der Waals surface area contributed by atoms with Gasteiger partial charge >= 0.3 is 0 Å². The van der Waals surface area contributed by atoms with E-state index in [1.807, 2.05) is 63.7 Å². The minimum Gasteiger partial charge on any atom is -0.497 e. The van der Waals surface area contributed by atoms with E-state index >= 15 is 0 Å². The number of rotatable bonds is 1. The number of hydrogen-bond donors (Lipinski definition) is 3. The van der Waals surface area contributed by atoms with Crippen molar-refractivity contribution in [2.75, 3.05) is 12.4 Å². The average Bonchev–Trinajstić information content (AvgIpc) is 2.82. The molecule has 5 rings (SSSR count). The summed E-state index contributed by atoms with van der Waals surface area (Å²) in [7, 11) is 1.67. The normalized spacial score (nSPS) is 23.9. The molecule has 2 atom stereocenters. The number of anilines is 1. The zero-order valence-corrected chi connectivity index (χ0v) is 22.5. The van der Waals surface area contributed by atoms with E-state index in [2.05, 4.69) is 60.8 Å². The molecule has 5 nitrogen and oxygen atoms in total. The maximum atomic E-state index is 9.80. The summed E-state index contributed by atoms with van der Waals surface area (Å²) in [6, 6.07) is 16.9. The molecule has 190 valence electrons. The van der Waals surface area contributed by atoms with Gasteiger partial charge in [-0.25, -0.2) is 0 Å². The number of aryl methyl sites for hydroxylation is 1. The van der Waals surface area contributed by atoms with Crippen LogP contribution in [0.4, 0.5) is 5.69 Å². The third-order valence-corrected chi connectivity index (χ3v) is 7.76. The second-order valence-electron chi connectivity index (χ2n) is 10.5. The van der Waals surface area contributed by atoms with Gasteiger partial charge in [0, 0.05) is 21.7 Å². The number of para-hydroxylation sites is 1. The second kappa shape index (κ2) is 11.7. The lowest BCUT2D eigenvalue weighted by atomic mass is 9.80. The van der Waals surface area contributed by atoms with E-state index in [-0.39, 0.29) is 17.2 Å². The van der Waals surface area contributed by atoms with Gasteiger partial charge in [-0.1, -0.05) is 54.1 Å². The van der Waals surface area contributed by atoms with Crippen LogP contribution in [0.25, 0.3) is 0 Å². The molecule has 0 radical (unpaired) electrons. The molecule has 35 heavy (non-hydrogen) atoms. The summed E-state index contributed by atoms with van der Waals surface area (Å²) >= 11 is 1.94. The minimum atomic E-state index is -0.318. The number of hydroxylamine groups is 2. The number of thioether (sulfide) groups is 1. The first-order valence-electron chi connectivity index (χ1n) is 12.2. The quantitative estimate of drug-likeness (QED) is 0.421. The van der Waals surface area contributed by atoms with Gasteiger partial charge in [-0.05, 0) is 71.7 Å². The van der Waals surface area contributed by atoms with Crippen LogP contribution in [-0.2, 0) is 0 Å². The lowest BCUT2D eigenvalue weighted by molar-refractivity contribution is -0.257. The Balaban J connectivity index is 0.000000151. The van der Waals surface area contributed by atoms with Crippen LogP contribution in [0.2, 0.25) is 0 Å². The number of benzene rings is 2. The first-order chi connectivity index (χ1) is 16.5. The zero-order valence-electron chi connectivity index (χ0n) is 21.7.